The molecule has 160 valence electrons. The molecule has 8 heteroatoms. The molecule has 1 heterocycles. The molecule has 0 radical (unpaired) electrons. The van der Waals surface area contributed by atoms with Crippen LogP contribution in [-0.2, 0) is 4.79 Å². The molecule has 0 spiro atoms. The van der Waals surface area contributed by atoms with E-state index in [0.717, 1.165) is 13.0 Å². The molecule has 0 aromatic heterocycles. The van der Waals surface area contributed by atoms with Gasteiger partial charge < -0.3 is 16.0 Å². The molecule has 1 saturated heterocycles. The van der Waals surface area contributed by atoms with E-state index in [1.54, 1.807) is 7.05 Å². The Morgan fingerprint density at radius 3 is 2.07 bits per heavy atom. The van der Waals surface area contributed by atoms with Crippen LogP contribution < -0.4 is 16.0 Å². The van der Waals surface area contributed by atoms with E-state index in [1.807, 2.05) is 12.1 Å². The van der Waals surface area contributed by atoms with Crippen LogP contribution in [0.25, 0.3) is 0 Å². The minimum absolute atomic E-state index is 0. The Hall–Kier alpha value is -2.62. The van der Waals surface area contributed by atoms with E-state index in [-0.39, 0.29) is 48.4 Å². The van der Waals surface area contributed by atoms with Gasteiger partial charge in [-0.25, -0.2) is 4.79 Å². The lowest BCUT2D eigenvalue weighted by Gasteiger charge is -2.20. The van der Waals surface area contributed by atoms with Gasteiger partial charge in [-0.05, 0) is 17.5 Å². The summed E-state index contributed by atoms with van der Waals surface area (Å²) in [5.74, 6) is 0.735. The molecule has 2 aromatic carbocycles. The Morgan fingerprint density at radius 1 is 1.00 bits per heavy atom. The zero-order chi connectivity index (χ0) is 20.5. The van der Waals surface area contributed by atoms with Crippen LogP contribution in [0.5, 0.6) is 0 Å². The van der Waals surface area contributed by atoms with Crippen molar-refractivity contribution in [3.8, 4) is 0 Å². The van der Waals surface area contributed by atoms with E-state index in [0.29, 0.717) is 19.0 Å². The van der Waals surface area contributed by atoms with Crippen molar-refractivity contribution in [2.24, 2.45) is 4.99 Å². The number of benzene rings is 2. The molecular weight excluding hydrogens is 493 g/mol. The number of nitrogens with one attached hydrogen (secondary N) is 3. The first-order valence-corrected chi connectivity index (χ1v) is 9.81. The second-order valence-corrected chi connectivity index (χ2v) is 6.79. The second kappa shape index (κ2) is 12.2. The zero-order valence-corrected chi connectivity index (χ0v) is 19.3. The van der Waals surface area contributed by atoms with Crippen LogP contribution in [-0.4, -0.2) is 56.0 Å². The van der Waals surface area contributed by atoms with Crippen LogP contribution in [0.15, 0.2) is 65.7 Å². The lowest BCUT2D eigenvalue weighted by Crippen LogP contribution is -2.43. The first-order valence-electron chi connectivity index (χ1n) is 9.81. The first kappa shape index (κ1) is 23.7. The number of hydrogen-bond donors (Lipinski definition) is 3. The Balaban J connectivity index is 0.00000320. The molecule has 0 unspecified atom stereocenters. The van der Waals surface area contributed by atoms with Crippen LogP contribution in [0.2, 0.25) is 0 Å². The van der Waals surface area contributed by atoms with Crippen molar-refractivity contribution in [3.63, 3.8) is 0 Å². The molecule has 1 aliphatic heterocycles. The summed E-state index contributed by atoms with van der Waals surface area (Å²) in [7, 11) is 1.70. The lowest BCUT2D eigenvalue weighted by molar-refractivity contribution is -0.124. The van der Waals surface area contributed by atoms with Crippen molar-refractivity contribution in [2.45, 2.75) is 12.3 Å². The molecule has 1 aliphatic rings. The van der Waals surface area contributed by atoms with Gasteiger partial charge in [0, 0.05) is 32.6 Å². The number of urea groups is 1. The van der Waals surface area contributed by atoms with E-state index in [9.17, 15) is 9.59 Å². The van der Waals surface area contributed by atoms with Crippen LogP contribution >= 0.6 is 24.0 Å². The second-order valence-electron chi connectivity index (χ2n) is 6.79. The SMILES string of the molecule is CN=C(NCCC(c1ccccc1)c1ccccc1)NCCN1C(=O)CNC1=O.I. The third-order valence-electron chi connectivity index (χ3n) is 4.92. The third kappa shape index (κ3) is 6.45. The fourth-order valence-corrected chi connectivity index (χ4v) is 3.42. The molecule has 3 N–H and O–H groups in total. The maximum atomic E-state index is 11.6. The molecule has 3 rings (SSSR count). The summed E-state index contributed by atoms with van der Waals surface area (Å²) in [4.78, 5) is 28.6. The molecule has 2 aromatic rings. The highest BCUT2D eigenvalue weighted by Crippen LogP contribution is 2.27. The van der Waals surface area contributed by atoms with Crippen molar-refractivity contribution in [3.05, 3.63) is 71.8 Å². The highest BCUT2D eigenvalue weighted by atomic mass is 127. The fourth-order valence-electron chi connectivity index (χ4n) is 3.42. The predicted octanol–water partition coefficient (Wildman–Crippen LogP) is 2.54. The van der Waals surface area contributed by atoms with Gasteiger partial charge in [-0.1, -0.05) is 60.7 Å². The monoisotopic (exact) mass is 521 g/mol. The lowest BCUT2D eigenvalue weighted by atomic mass is 9.88. The van der Waals surface area contributed by atoms with Crippen molar-refractivity contribution >= 4 is 41.9 Å². The molecule has 3 amide bonds. The van der Waals surface area contributed by atoms with Gasteiger partial charge in [0.2, 0.25) is 5.91 Å². The topological polar surface area (TPSA) is 85.8 Å². The largest absolute Gasteiger partial charge is 0.356 e. The Labute approximate surface area is 194 Å². The van der Waals surface area contributed by atoms with Gasteiger partial charge in [0.25, 0.3) is 0 Å². The van der Waals surface area contributed by atoms with E-state index < -0.39 is 0 Å². The number of amides is 3. The van der Waals surface area contributed by atoms with Crippen LogP contribution in [0.4, 0.5) is 4.79 Å². The standard InChI is InChI=1S/C22H27N5O2.HI/c1-23-21(25-14-15-27-20(28)16-26-22(27)29)24-13-12-19(17-8-4-2-5-9-17)18-10-6-3-7-11-18;/h2-11,19H,12-16H2,1H3,(H,26,29)(H2,23,24,25);1H. The normalized spacial score (nSPS) is 13.8. The van der Waals surface area contributed by atoms with Crippen molar-refractivity contribution in [1.29, 1.82) is 0 Å². The summed E-state index contributed by atoms with van der Waals surface area (Å²) in [5.41, 5.74) is 2.56. The molecule has 7 nitrogen and oxygen atoms in total. The smallest absolute Gasteiger partial charge is 0.324 e. The number of nitrogens with zero attached hydrogens (tertiary/aromatic N) is 2. The van der Waals surface area contributed by atoms with Crippen molar-refractivity contribution < 1.29 is 9.59 Å². The highest BCUT2D eigenvalue weighted by molar-refractivity contribution is 14.0. The average molecular weight is 521 g/mol. The van der Waals surface area contributed by atoms with Gasteiger partial charge in [0.15, 0.2) is 5.96 Å². The highest BCUT2D eigenvalue weighted by Gasteiger charge is 2.27. The number of guanidine groups is 1. The molecule has 30 heavy (non-hydrogen) atoms. The first-order chi connectivity index (χ1) is 14.2. The molecule has 0 aliphatic carbocycles. The molecule has 1 fully saturated rings. The van der Waals surface area contributed by atoms with Gasteiger partial charge in [0.05, 0.1) is 6.54 Å². The predicted molar refractivity (Wildman–Crippen MR) is 129 cm³/mol. The number of carbonyl (C=O) groups is 2. The third-order valence-corrected chi connectivity index (χ3v) is 4.92. The summed E-state index contributed by atoms with van der Waals surface area (Å²) >= 11 is 0. The van der Waals surface area contributed by atoms with E-state index >= 15 is 0 Å². The quantitative estimate of drug-likeness (QED) is 0.216. The summed E-state index contributed by atoms with van der Waals surface area (Å²) in [6.07, 6.45) is 0.905. The zero-order valence-electron chi connectivity index (χ0n) is 17.0. The van der Waals surface area contributed by atoms with Gasteiger partial charge in [-0.2, -0.15) is 0 Å². The van der Waals surface area contributed by atoms with Gasteiger partial charge in [-0.15, -0.1) is 24.0 Å². The molecular formula is C22H28IN5O2. The average Bonchev–Trinajstić information content (AvgIpc) is 3.08. The Bertz CT molecular complexity index is 790. The minimum Gasteiger partial charge on any atom is -0.356 e. The maximum absolute atomic E-state index is 11.6. The number of hydrogen-bond acceptors (Lipinski definition) is 3. The summed E-state index contributed by atoms with van der Waals surface area (Å²) in [6, 6.07) is 20.6. The number of carbonyl (C=O) groups excluding carboxylic acids is 2. The molecule has 0 saturated carbocycles. The van der Waals surface area contributed by atoms with Gasteiger partial charge in [-0.3, -0.25) is 14.7 Å². The number of halogens is 1. The summed E-state index contributed by atoms with van der Waals surface area (Å²) < 4.78 is 0. The Morgan fingerprint density at radius 2 is 1.57 bits per heavy atom. The van der Waals surface area contributed by atoms with Crippen LogP contribution in [0, 0.1) is 0 Å². The number of imide groups is 1. The van der Waals surface area contributed by atoms with Crippen LogP contribution in [0.1, 0.15) is 23.5 Å². The summed E-state index contributed by atoms with van der Waals surface area (Å²) in [6.45, 7) is 1.56. The van der Waals surface area contributed by atoms with Crippen molar-refractivity contribution in [1.82, 2.24) is 20.9 Å². The molecule has 0 bridgehead atoms. The summed E-state index contributed by atoms with van der Waals surface area (Å²) in [5, 5.41) is 8.99. The number of aliphatic imine (C=N–C) groups is 1. The maximum Gasteiger partial charge on any atom is 0.324 e. The van der Waals surface area contributed by atoms with Crippen molar-refractivity contribution in [2.75, 3.05) is 33.2 Å². The van der Waals surface area contributed by atoms with E-state index in [2.05, 4.69) is 69.5 Å². The van der Waals surface area contributed by atoms with E-state index in [4.69, 9.17) is 0 Å². The fraction of sp³-hybridized carbons (Fsp3) is 0.318. The molecule has 0 atom stereocenters. The minimum atomic E-state index is -0.340. The van der Waals surface area contributed by atoms with E-state index in [1.165, 1.54) is 16.0 Å². The van der Waals surface area contributed by atoms with Gasteiger partial charge in [0.1, 0.15) is 0 Å². The number of rotatable bonds is 8. The van der Waals surface area contributed by atoms with Crippen LogP contribution in [0.3, 0.4) is 0 Å². The van der Waals surface area contributed by atoms with Gasteiger partial charge >= 0.3 is 6.03 Å². The Kier molecular flexibility index (Phi) is 9.59.